The van der Waals surface area contributed by atoms with Crippen molar-refractivity contribution in [2.24, 2.45) is 0 Å². The second-order valence-corrected chi connectivity index (χ2v) is 5.34. The van der Waals surface area contributed by atoms with Crippen molar-refractivity contribution in [3.63, 3.8) is 0 Å². The molecule has 1 amide bonds. The fourth-order valence-corrected chi connectivity index (χ4v) is 2.02. The summed E-state index contributed by atoms with van der Waals surface area (Å²) in [7, 11) is 0. The van der Waals surface area contributed by atoms with E-state index in [1.165, 1.54) is 0 Å². The van der Waals surface area contributed by atoms with E-state index in [9.17, 15) is 4.79 Å². The summed E-state index contributed by atoms with van der Waals surface area (Å²) in [4.78, 5) is 11.6. The van der Waals surface area contributed by atoms with Crippen LogP contribution < -0.4 is 10.6 Å². The average molecular weight is 230 g/mol. The minimum absolute atomic E-state index is 0.0672. The molecule has 3 nitrogen and oxygen atoms in total. The monoisotopic (exact) mass is 230 g/mol. The van der Waals surface area contributed by atoms with E-state index in [-0.39, 0.29) is 11.9 Å². The van der Waals surface area contributed by atoms with Crippen molar-refractivity contribution in [2.75, 3.05) is 12.0 Å². The van der Waals surface area contributed by atoms with Gasteiger partial charge in [-0.1, -0.05) is 0 Å². The minimum atomic E-state index is -0.0672. The van der Waals surface area contributed by atoms with E-state index in [1.807, 2.05) is 18.7 Å². The van der Waals surface area contributed by atoms with Crippen molar-refractivity contribution in [1.82, 2.24) is 10.6 Å². The summed E-state index contributed by atoms with van der Waals surface area (Å²) < 4.78 is 0. The molecule has 1 saturated carbocycles. The molecule has 1 aliphatic rings. The van der Waals surface area contributed by atoms with Gasteiger partial charge in [-0.3, -0.25) is 4.79 Å². The highest BCUT2D eigenvalue weighted by atomic mass is 32.2. The van der Waals surface area contributed by atoms with Crippen molar-refractivity contribution < 1.29 is 4.79 Å². The van der Waals surface area contributed by atoms with Crippen LogP contribution in [0.1, 0.15) is 33.1 Å². The molecular formula is C11H22N2OS. The van der Waals surface area contributed by atoms with Gasteiger partial charge >= 0.3 is 0 Å². The third-order valence-corrected chi connectivity index (χ3v) is 3.25. The Kier molecular flexibility index (Phi) is 5.47. The third kappa shape index (κ3) is 5.42. The van der Waals surface area contributed by atoms with Crippen LogP contribution in [-0.2, 0) is 4.79 Å². The van der Waals surface area contributed by atoms with Crippen LogP contribution in [-0.4, -0.2) is 36.0 Å². The Morgan fingerprint density at radius 3 is 2.67 bits per heavy atom. The third-order valence-electron chi connectivity index (χ3n) is 2.61. The topological polar surface area (TPSA) is 41.1 Å². The Hall–Kier alpha value is -0.220. The lowest BCUT2D eigenvalue weighted by Crippen LogP contribution is -2.46. The average Bonchev–Trinajstić information content (AvgIpc) is 2.98. The molecule has 0 radical (unpaired) electrons. The molecule has 2 N–H and O–H groups in total. The van der Waals surface area contributed by atoms with Crippen LogP contribution in [0, 0.1) is 0 Å². The number of carbonyl (C=O) groups excluding carboxylic acids is 1. The van der Waals surface area contributed by atoms with Crippen molar-refractivity contribution in [3.05, 3.63) is 0 Å². The molecule has 1 rings (SSSR count). The predicted molar refractivity (Wildman–Crippen MR) is 66.2 cm³/mol. The summed E-state index contributed by atoms with van der Waals surface area (Å²) in [5.41, 5.74) is 0. The maximum atomic E-state index is 11.6. The van der Waals surface area contributed by atoms with Gasteiger partial charge in [-0.2, -0.15) is 11.8 Å². The van der Waals surface area contributed by atoms with Gasteiger partial charge in [0.1, 0.15) is 0 Å². The Morgan fingerprint density at radius 2 is 2.13 bits per heavy atom. The van der Waals surface area contributed by atoms with E-state index in [0.29, 0.717) is 12.1 Å². The van der Waals surface area contributed by atoms with Crippen LogP contribution in [0.4, 0.5) is 0 Å². The molecule has 0 aromatic heterocycles. The molecule has 2 atom stereocenters. The standard InChI is InChI=1S/C11H22N2OS/c1-8(6-7-15-3)12-9(2)11(14)13-10-4-5-10/h8-10,12H,4-7H2,1-3H3,(H,13,14). The molecular weight excluding hydrogens is 208 g/mol. The largest absolute Gasteiger partial charge is 0.352 e. The number of hydrogen-bond donors (Lipinski definition) is 2. The lowest BCUT2D eigenvalue weighted by molar-refractivity contribution is -0.123. The summed E-state index contributed by atoms with van der Waals surface area (Å²) >= 11 is 1.85. The van der Waals surface area contributed by atoms with E-state index in [1.54, 1.807) is 0 Å². The van der Waals surface area contributed by atoms with Crippen LogP contribution in [0.3, 0.4) is 0 Å². The first-order chi connectivity index (χ1) is 7.13. The van der Waals surface area contributed by atoms with Gasteiger partial charge in [-0.05, 0) is 45.1 Å². The Balaban J connectivity index is 2.14. The van der Waals surface area contributed by atoms with Crippen molar-refractivity contribution >= 4 is 17.7 Å². The van der Waals surface area contributed by atoms with Crippen molar-refractivity contribution in [1.29, 1.82) is 0 Å². The Bertz CT molecular complexity index is 207. The molecule has 0 aromatic carbocycles. The molecule has 88 valence electrons. The number of rotatable bonds is 7. The predicted octanol–water partition coefficient (Wildman–Crippen LogP) is 1.38. The van der Waals surface area contributed by atoms with Gasteiger partial charge in [-0.25, -0.2) is 0 Å². The van der Waals surface area contributed by atoms with Gasteiger partial charge in [-0.15, -0.1) is 0 Å². The van der Waals surface area contributed by atoms with Crippen molar-refractivity contribution in [2.45, 2.75) is 51.2 Å². The molecule has 0 bridgehead atoms. The zero-order valence-electron chi connectivity index (χ0n) is 9.88. The van der Waals surface area contributed by atoms with E-state index < -0.39 is 0 Å². The molecule has 0 heterocycles. The molecule has 1 aliphatic carbocycles. The number of thioether (sulfide) groups is 1. The van der Waals surface area contributed by atoms with Crippen LogP contribution in [0.5, 0.6) is 0 Å². The van der Waals surface area contributed by atoms with Crippen LogP contribution in [0.15, 0.2) is 0 Å². The summed E-state index contributed by atoms with van der Waals surface area (Å²) in [5.74, 6) is 1.29. The molecule has 0 aromatic rings. The summed E-state index contributed by atoms with van der Waals surface area (Å²) in [6.07, 6.45) is 5.53. The number of hydrogen-bond acceptors (Lipinski definition) is 3. The molecule has 0 spiro atoms. The van der Waals surface area contributed by atoms with Gasteiger partial charge in [0.25, 0.3) is 0 Å². The highest BCUT2D eigenvalue weighted by molar-refractivity contribution is 7.98. The van der Waals surface area contributed by atoms with Crippen LogP contribution in [0.2, 0.25) is 0 Å². The second-order valence-electron chi connectivity index (χ2n) is 4.35. The first kappa shape index (κ1) is 12.8. The smallest absolute Gasteiger partial charge is 0.237 e. The van der Waals surface area contributed by atoms with Gasteiger partial charge < -0.3 is 10.6 Å². The molecule has 2 unspecified atom stereocenters. The molecule has 1 fully saturated rings. The second kappa shape index (κ2) is 6.38. The lowest BCUT2D eigenvalue weighted by Gasteiger charge is -2.19. The fourth-order valence-electron chi connectivity index (χ4n) is 1.43. The zero-order chi connectivity index (χ0) is 11.3. The lowest BCUT2D eigenvalue weighted by atomic mass is 10.2. The van der Waals surface area contributed by atoms with Gasteiger partial charge in [0.2, 0.25) is 5.91 Å². The highest BCUT2D eigenvalue weighted by Crippen LogP contribution is 2.18. The molecule has 4 heteroatoms. The number of amides is 1. The summed E-state index contributed by atoms with van der Waals surface area (Å²) in [5, 5.41) is 6.33. The van der Waals surface area contributed by atoms with Gasteiger partial charge in [0.15, 0.2) is 0 Å². The molecule has 15 heavy (non-hydrogen) atoms. The fraction of sp³-hybridized carbons (Fsp3) is 0.909. The summed E-state index contributed by atoms with van der Waals surface area (Å²) in [6, 6.07) is 0.808. The van der Waals surface area contributed by atoms with Gasteiger partial charge in [0, 0.05) is 12.1 Å². The van der Waals surface area contributed by atoms with E-state index in [4.69, 9.17) is 0 Å². The van der Waals surface area contributed by atoms with Crippen molar-refractivity contribution in [3.8, 4) is 0 Å². The first-order valence-electron chi connectivity index (χ1n) is 5.69. The maximum Gasteiger partial charge on any atom is 0.237 e. The first-order valence-corrected chi connectivity index (χ1v) is 7.08. The normalized spacial score (nSPS) is 19.7. The number of nitrogens with one attached hydrogen (secondary N) is 2. The van der Waals surface area contributed by atoms with E-state index in [2.05, 4.69) is 23.8 Å². The maximum absolute atomic E-state index is 11.6. The quantitative estimate of drug-likeness (QED) is 0.694. The minimum Gasteiger partial charge on any atom is -0.352 e. The Labute approximate surface area is 96.8 Å². The van der Waals surface area contributed by atoms with Gasteiger partial charge in [0.05, 0.1) is 6.04 Å². The van der Waals surface area contributed by atoms with E-state index in [0.717, 1.165) is 25.0 Å². The summed E-state index contributed by atoms with van der Waals surface area (Å²) in [6.45, 7) is 4.07. The molecule has 0 aliphatic heterocycles. The number of carbonyl (C=O) groups is 1. The molecule has 0 saturated heterocycles. The van der Waals surface area contributed by atoms with E-state index >= 15 is 0 Å². The SMILES string of the molecule is CSCCC(C)NC(C)C(=O)NC1CC1. The Morgan fingerprint density at radius 1 is 1.47 bits per heavy atom. The van der Waals surface area contributed by atoms with Crippen LogP contribution in [0.25, 0.3) is 0 Å². The van der Waals surface area contributed by atoms with Crippen LogP contribution >= 0.6 is 11.8 Å². The highest BCUT2D eigenvalue weighted by Gasteiger charge is 2.25. The zero-order valence-corrected chi connectivity index (χ0v) is 10.7.